The van der Waals surface area contributed by atoms with E-state index in [0.29, 0.717) is 25.7 Å². The summed E-state index contributed by atoms with van der Waals surface area (Å²) in [6.07, 6.45) is 0. The quantitative estimate of drug-likeness (QED) is 0.485. The van der Waals surface area contributed by atoms with Gasteiger partial charge in [0.25, 0.3) is 0 Å². The highest BCUT2D eigenvalue weighted by Gasteiger charge is 2.25. The van der Waals surface area contributed by atoms with Crippen LogP contribution >= 0.6 is 0 Å². The third-order valence-corrected chi connectivity index (χ3v) is 2.64. The Hall–Kier alpha value is -1.30. The average molecular weight is 228 g/mol. The van der Waals surface area contributed by atoms with Crippen LogP contribution in [0.4, 0.5) is 0 Å². The lowest BCUT2D eigenvalue weighted by Crippen LogP contribution is -2.45. The standard InChI is InChI=1S/C10H20N4O2/c1-10(2,8(11)15)7-13-9(12)14-3-5-16-6-4-14/h3-7H2,1-2H3,(H2,11,15)(H2,12,13). The summed E-state index contributed by atoms with van der Waals surface area (Å²) in [6, 6.07) is 0. The van der Waals surface area contributed by atoms with Gasteiger partial charge >= 0.3 is 0 Å². The van der Waals surface area contributed by atoms with Crippen LogP contribution in [0.25, 0.3) is 0 Å². The molecule has 0 aromatic rings. The monoisotopic (exact) mass is 228 g/mol. The fourth-order valence-corrected chi connectivity index (χ4v) is 1.25. The molecule has 0 aromatic heterocycles. The molecule has 1 heterocycles. The fraction of sp³-hybridized carbons (Fsp3) is 0.800. The van der Waals surface area contributed by atoms with Crippen molar-refractivity contribution in [3.05, 3.63) is 0 Å². The smallest absolute Gasteiger partial charge is 0.224 e. The first kappa shape index (κ1) is 12.8. The van der Waals surface area contributed by atoms with Crippen molar-refractivity contribution >= 4 is 11.9 Å². The van der Waals surface area contributed by atoms with Crippen molar-refractivity contribution < 1.29 is 9.53 Å². The largest absolute Gasteiger partial charge is 0.378 e. The Labute approximate surface area is 95.6 Å². The Morgan fingerprint density at radius 2 is 1.94 bits per heavy atom. The van der Waals surface area contributed by atoms with E-state index in [9.17, 15) is 4.79 Å². The predicted molar refractivity (Wildman–Crippen MR) is 61.9 cm³/mol. The Balaban J connectivity index is 2.52. The van der Waals surface area contributed by atoms with Crippen molar-refractivity contribution in [3.8, 4) is 0 Å². The second-order valence-electron chi connectivity index (χ2n) is 4.52. The van der Waals surface area contributed by atoms with Gasteiger partial charge in [-0.2, -0.15) is 0 Å². The molecule has 4 N–H and O–H groups in total. The van der Waals surface area contributed by atoms with Gasteiger partial charge in [-0.15, -0.1) is 0 Å². The van der Waals surface area contributed by atoms with Crippen LogP contribution in [0.3, 0.4) is 0 Å². The van der Waals surface area contributed by atoms with Gasteiger partial charge in [0.1, 0.15) is 0 Å². The highest BCUT2D eigenvalue weighted by atomic mass is 16.5. The number of morpholine rings is 1. The van der Waals surface area contributed by atoms with Crippen LogP contribution in [-0.4, -0.2) is 49.6 Å². The molecule has 6 heteroatoms. The molecule has 92 valence electrons. The first-order chi connectivity index (χ1) is 7.43. The summed E-state index contributed by atoms with van der Waals surface area (Å²) in [5.74, 6) is 0.0867. The molecular weight excluding hydrogens is 208 g/mol. The lowest BCUT2D eigenvalue weighted by atomic mass is 9.93. The number of aliphatic imine (C=N–C) groups is 1. The number of nitrogens with zero attached hydrogens (tertiary/aromatic N) is 2. The molecule has 1 aliphatic heterocycles. The van der Waals surface area contributed by atoms with Gasteiger partial charge in [0.15, 0.2) is 5.96 Å². The van der Waals surface area contributed by atoms with Crippen LogP contribution in [0.5, 0.6) is 0 Å². The summed E-state index contributed by atoms with van der Waals surface area (Å²) >= 11 is 0. The molecule has 0 unspecified atom stereocenters. The Kier molecular flexibility index (Phi) is 4.12. The lowest BCUT2D eigenvalue weighted by Gasteiger charge is -2.28. The summed E-state index contributed by atoms with van der Waals surface area (Å²) in [6.45, 7) is 6.63. The molecule has 0 aromatic carbocycles. The average Bonchev–Trinajstić information content (AvgIpc) is 2.27. The van der Waals surface area contributed by atoms with Crippen LogP contribution in [0.2, 0.25) is 0 Å². The number of nitrogens with two attached hydrogens (primary N) is 2. The van der Waals surface area contributed by atoms with Crippen molar-refractivity contribution in [2.75, 3.05) is 32.8 Å². The molecule has 16 heavy (non-hydrogen) atoms. The Morgan fingerprint density at radius 1 is 1.38 bits per heavy atom. The SMILES string of the molecule is CC(C)(CN=C(N)N1CCOCC1)C(N)=O. The van der Waals surface area contributed by atoms with E-state index in [1.54, 1.807) is 13.8 Å². The first-order valence-electron chi connectivity index (χ1n) is 5.36. The van der Waals surface area contributed by atoms with E-state index in [1.165, 1.54) is 0 Å². The Bertz CT molecular complexity index is 283. The number of rotatable bonds is 3. The van der Waals surface area contributed by atoms with E-state index < -0.39 is 5.41 Å². The molecule has 1 aliphatic rings. The third-order valence-electron chi connectivity index (χ3n) is 2.64. The van der Waals surface area contributed by atoms with E-state index >= 15 is 0 Å². The number of carbonyl (C=O) groups is 1. The van der Waals surface area contributed by atoms with Crippen LogP contribution < -0.4 is 11.5 Å². The number of primary amides is 1. The van der Waals surface area contributed by atoms with Crippen molar-refractivity contribution in [2.24, 2.45) is 21.9 Å². The molecule has 0 atom stereocenters. The minimum absolute atomic E-state index is 0.311. The molecule has 6 nitrogen and oxygen atoms in total. The van der Waals surface area contributed by atoms with E-state index in [0.717, 1.165) is 13.1 Å². The Morgan fingerprint density at radius 3 is 2.44 bits per heavy atom. The molecule has 1 rings (SSSR count). The summed E-state index contributed by atoms with van der Waals surface area (Å²) < 4.78 is 5.21. The molecule has 1 amide bonds. The molecule has 0 radical (unpaired) electrons. The number of amides is 1. The van der Waals surface area contributed by atoms with Gasteiger partial charge in [-0.3, -0.25) is 9.79 Å². The third kappa shape index (κ3) is 3.37. The molecule has 0 saturated carbocycles. The fourth-order valence-electron chi connectivity index (χ4n) is 1.25. The van der Waals surface area contributed by atoms with Gasteiger partial charge in [0.2, 0.25) is 5.91 Å². The zero-order chi connectivity index (χ0) is 12.2. The second kappa shape index (κ2) is 5.16. The maximum atomic E-state index is 11.1. The molecule has 1 fully saturated rings. The van der Waals surface area contributed by atoms with Gasteiger partial charge in [0, 0.05) is 13.1 Å². The van der Waals surface area contributed by atoms with E-state index in [1.807, 2.05) is 4.90 Å². The van der Waals surface area contributed by atoms with Crippen LogP contribution in [-0.2, 0) is 9.53 Å². The van der Waals surface area contributed by atoms with Crippen LogP contribution in [0.15, 0.2) is 4.99 Å². The molecule has 1 saturated heterocycles. The molecular formula is C10H20N4O2. The maximum Gasteiger partial charge on any atom is 0.224 e. The van der Waals surface area contributed by atoms with Gasteiger partial charge in [-0.1, -0.05) is 0 Å². The molecule has 0 spiro atoms. The summed E-state index contributed by atoms with van der Waals surface area (Å²) in [4.78, 5) is 17.2. The second-order valence-corrected chi connectivity index (χ2v) is 4.52. The number of carbonyl (C=O) groups excluding carboxylic acids is 1. The molecule has 0 aliphatic carbocycles. The van der Waals surface area contributed by atoms with Crippen molar-refractivity contribution in [1.29, 1.82) is 0 Å². The normalized spacial score (nSPS) is 18.6. The van der Waals surface area contributed by atoms with Crippen molar-refractivity contribution in [3.63, 3.8) is 0 Å². The van der Waals surface area contributed by atoms with E-state index in [4.69, 9.17) is 16.2 Å². The minimum Gasteiger partial charge on any atom is -0.378 e. The number of guanidine groups is 1. The maximum absolute atomic E-state index is 11.1. The lowest BCUT2D eigenvalue weighted by molar-refractivity contribution is -0.125. The van der Waals surface area contributed by atoms with Crippen LogP contribution in [0, 0.1) is 5.41 Å². The predicted octanol–water partition coefficient (Wildman–Crippen LogP) is -0.855. The van der Waals surface area contributed by atoms with E-state index in [2.05, 4.69) is 4.99 Å². The van der Waals surface area contributed by atoms with Gasteiger partial charge < -0.3 is 21.1 Å². The number of hydrogen-bond acceptors (Lipinski definition) is 3. The van der Waals surface area contributed by atoms with Gasteiger partial charge in [-0.25, -0.2) is 0 Å². The van der Waals surface area contributed by atoms with Gasteiger partial charge in [0.05, 0.1) is 25.2 Å². The van der Waals surface area contributed by atoms with Crippen LogP contribution in [0.1, 0.15) is 13.8 Å². The molecule has 0 bridgehead atoms. The summed E-state index contributed by atoms with van der Waals surface area (Å²) in [5.41, 5.74) is 10.4. The van der Waals surface area contributed by atoms with E-state index in [-0.39, 0.29) is 5.91 Å². The topological polar surface area (TPSA) is 93.9 Å². The summed E-state index contributed by atoms with van der Waals surface area (Å²) in [5, 5.41) is 0. The summed E-state index contributed by atoms with van der Waals surface area (Å²) in [7, 11) is 0. The number of ether oxygens (including phenoxy) is 1. The first-order valence-corrected chi connectivity index (χ1v) is 5.36. The highest BCUT2D eigenvalue weighted by Crippen LogP contribution is 2.14. The zero-order valence-electron chi connectivity index (χ0n) is 9.90. The zero-order valence-corrected chi connectivity index (χ0v) is 9.90. The number of hydrogen-bond donors (Lipinski definition) is 2. The minimum atomic E-state index is -0.656. The van der Waals surface area contributed by atoms with Gasteiger partial charge in [-0.05, 0) is 13.8 Å². The highest BCUT2D eigenvalue weighted by molar-refractivity contribution is 5.82. The van der Waals surface area contributed by atoms with Crippen molar-refractivity contribution in [2.45, 2.75) is 13.8 Å². The van der Waals surface area contributed by atoms with Crippen molar-refractivity contribution in [1.82, 2.24) is 4.90 Å².